The van der Waals surface area contributed by atoms with Gasteiger partial charge in [-0.1, -0.05) is 39.5 Å². The normalized spacial score (nSPS) is 37.8. The first-order valence-electron chi connectivity index (χ1n) is 9.19. The molecule has 3 fully saturated rings. The molecule has 2 heteroatoms. The minimum Gasteiger partial charge on any atom is -0.314 e. The molecule has 2 aliphatic heterocycles. The number of hydrogen-bond donors (Lipinski definition) is 1. The third-order valence-electron chi connectivity index (χ3n) is 6.24. The maximum Gasteiger partial charge on any atom is 0.0113 e. The molecule has 2 saturated heterocycles. The van der Waals surface area contributed by atoms with Crippen LogP contribution in [0.5, 0.6) is 0 Å². The number of piperidine rings is 2. The standard InChI is InChI=1S/C18H34N2/c1-3-19-15-12-16-8-7-9-17(13-15)20(16)14-18(2)10-5-4-6-11-18/h15-17,19H,3-14H2,1-2H3. The number of nitrogens with zero attached hydrogens (tertiary/aromatic N) is 1. The van der Waals surface area contributed by atoms with Crippen LogP contribution >= 0.6 is 0 Å². The Morgan fingerprint density at radius 3 is 2.25 bits per heavy atom. The van der Waals surface area contributed by atoms with Gasteiger partial charge in [-0.05, 0) is 50.5 Å². The molecule has 1 aliphatic carbocycles. The van der Waals surface area contributed by atoms with E-state index in [-0.39, 0.29) is 0 Å². The maximum atomic E-state index is 3.72. The van der Waals surface area contributed by atoms with Crippen molar-refractivity contribution in [1.82, 2.24) is 10.2 Å². The predicted octanol–water partition coefficient (Wildman–Crippen LogP) is 3.95. The first kappa shape index (κ1) is 14.8. The minimum absolute atomic E-state index is 0.622. The largest absolute Gasteiger partial charge is 0.314 e. The Labute approximate surface area is 125 Å². The van der Waals surface area contributed by atoms with Gasteiger partial charge in [-0.2, -0.15) is 0 Å². The van der Waals surface area contributed by atoms with E-state index in [0.29, 0.717) is 5.41 Å². The van der Waals surface area contributed by atoms with Crippen LogP contribution in [-0.2, 0) is 0 Å². The van der Waals surface area contributed by atoms with E-state index >= 15 is 0 Å². The fraction of sp³-hybridized carbons (Fsp3) is 1.00. The van der Waals surface area contributed by atoms with Crippen LogP contribution < -0.4 is 5.32 Å². The van der Waals surface area contributed by atoms with Crippen LogP contribution in [0.25, 0.3) is 0 Å². The molecule has 1 saturated carbocycles. The highest BCUT2D eigenvalue weighted by atomic mass is 15.2. The molecule has 3 rings (SSSR count). The van der Waals surface area contributed by atoms with Gasteiger partial charge >= 0.3 is 0 Å². The monoisotopic (exact) mass is 278 g/mol. The van der Waals surface area contributed by atoms with Gasteiger partial charge in [-0.25, -0.2) is 0 Å². The number of fused-ring (bicyclic) bond motifs is 2. The van der Waals surface area contributed by atoms with Crippen LogP contribution in [0.4, 0.5) is 0 Å². The van der Waals surface area contributed by atoms with Gasteiger partial charge in [0.05, 0.1) is 0 Å². The summed E-state index contributed by atoms with van der Waals surface area (Å²) in [6.45, 7) is 7.35. The Morgan fingerprint density at radius 1 is 1.00 bits per heavy atom. The summed E-state index contributed by atoms with van der Waals surface area (Å²) in [7, 11) is 0. The zero-order valence-electron chi connectivity index (χ0n) is 13.7. The average Bonchev–Trinajstić information content (AvgIpc) is 2.40. The summed E-state index contributed by atoms with van der Waals surface area (Å²) < 4.78 is 0. The lowest BCUT2D eigenvalue weighted by Gasteiger charge is -2.52. The lowest BCUT2D eigenvalue weighted by atomic mass is 9.73. The lowest BCUT2D eigenvalue weighted by Crippen LogP contribution is -2.58. The third-order valence-corrected chi connectivity index (χ3v) is 6.24. The molecule has 0 spiro atoms. The molecule has 2 atom stereocenters. The highest BCUT2D eigenvalue weighted by Gasteiger charge is 2.41. The molecule has 116 valence electrons. The molecule has 3 aliphatic rings. The molecule has 2 unspecified atom stereocenters. The van der Waals surface area contributed by atoms with Crippen molar-refractivity contribution < 1.29 is 0 Å². The molecule has 0 aromatic rings. The summed E-state index contributed by atoms with van der Waals surface area (Å²) in [6.07, 6.45) is 14.6. The first-order valence-corrected chi connectivity index (χ1v) is 9.19. The highest BCUT2D eigenvalue weighted by molar-refractivity contribution is 4.97. The number of hydrogen-bond acceptors (Lipinski definition) is 2. The number of rotatable bonds is 4. The van der Waals surface area contributed by atoms with Gasteiger partial charge in [0.1, 0.15) is 0 Å². The zero-order chi connectivity index (χ0) is 14.0. The van der Waals surface area contributed by atoms with Gasteiger partial charge < -0.3 is 5.32 Å². The Hall–Kier alpha value is -0.0800. The molecule has 20 heavy (non-hydrogen) atoms. The summed E-state index contributed by atoms with van der Waals surface area (Å²) >= 11 is 0. The van der Waals surface area contributed by atoms with Crippen molar-refractivity contribution >= 4 is 0 Å². The molecule has 0 aromatic carbocycles. The van der Waals surface area contributed by atoms with Gasteiger partial charge in [-0.3, -0.25) is 4.90 Å². The van der Waals surface area contributed by atoms with Crippen molar-refractivity contribution in [1.29, 1.82) is 0 Å². The van der Waals surface area contributed by atoms with Gasteiger partial charge in [-0.15, -0.1) is 0 Å². The van der Waals surface area contributed by atoms with E-state index in [0.717, 1.165) is 24.7 Å². The fourth-order valence-electron chi connectivity index (χ4n) is 5.20. The van der Waals surface area contributed by atoms with Crippen LogP contribution in [0.2, 0.25) is 0 Å². The van der Waals surface area contributed by atoms with E-state index in [9.17, 15) is 0 Å². The molecule has 2 nitrogen and oxygen atoms in total. The SMILES string of the molecule is CCNC1CC2CCCC(C1)N2CC1(C)CCCCC1. The topological polar surface area (TPSA) is 15.3 Å². The summed E-state index contributed by atoms with van der Waals surface area (Å²) in [5.41, 5.74) is 0.622. The summed E-state index contributed by atoms with van der Waals surface area (Å²) in [5.74, 6) is 0. The second-order valence-corrected chi connectivity index (χ2v) is 8.01. The molecular formula is C18H34N2. The van der Waals surface area contributed by atoms with Crippen molar-refractivity contribution in [3.05, 3.63) is 0 Å². The van der Waals surface area contributed by atoms with E-state index in [1.165, 1.54) is 70.8 Å². The predicted molar refractivity (Wildman–Crippen MR) is 86.0 cm³/mol. The highest BCUT2D eigenvalue weighted by Crippen LogP contribution is 2.41. The Bertz CT molecular complexity index is 295. The van der Waals surface area contributed by atoms with Gasteiger partial charge in [0.15, 0.2) is 0 Å². The first-order chi connectivity index (χ1) is 9.70. The fourth-order valence-corrected chi connectivity index (χ4v) is 5.20. The second-order valence-electron chi connectivity index (χ2n) is 8.01. The summed E-state index contributed by atoms with van der Waals surface area (Å²) in [4.78, 5) is 2.95. The van der Waals surface area contributed by atoms with Crippen molar-refractivity contribution in [2.45, 2.75) is 96.2 Å². The van der Waals surface area contributed by atoms with Gasteiger partial charge in [0.2, 0.25) is 0 Å². The Balaban J connectivity index is 1.64. The molecule has 1 N–H and O–H groups in total. The van der Waals surface area contributed by atoms with Crippen LogP contribution in [-0.4, -0.2) is 36.1 Å². The number of nitrogens with one attached hydrogen (secondary N) is 1. The van der Waals surface area contributed by atoms with Gasteiger partial charge in [0.25, 0.3) is 0 Å². The Kier molecular flexibility index (Phi) is 4.72. The zero-order valence-corrected chi connectivity index (χ0v) is 13.7. The van der Waals surface area contributed by atoms with Crippen molar-refractivity contribution in [2.75, 3.05) is 13.1 Å². The Morgan fingerprint density at radius 2 is 1.65 bits per heavy atom. The molecular weight excluding hydrogens is 244 g/mol. The average molecular weight is 278 g/mol. The van der Waals surface area contributed by atoms with Crippen LogP contribution in [0.1, 0.15) is 78.1 Å². The van der Waals surface area contributed by atoms with Crippen LogP contribution in [0, 0.1) is 5.41 Å². The molecule has 0 amide bonds. The van der Waals surface area contributed by atoms with Crippen LogP contribution in [0.15, 0.2) is 0 Å². The molecule has 2 bridgehead atoms. The molecule has 0 aromatic heterocycles. The smallest absolute Gasteiger partial charge is 0.0113 e. The van der Waals surface area contributed by atoms with E-state index < -0.39 is 0 Å². The second kappa shape index (κ2) is 6.36. The van der Waals surface area contributed by atoms with Crippen LogP contribution in [0.3, 0.4) is 0 Å². The minimum atomic E-state index is 0.622. The third kappa shape index (κ3) is 3.22. The molecule has 0 radical (unpaired) electrons. The van der Waals surface area contributed by atoms with Crippen molar-refractivity contribution in [3.63, 3.8) is 0 Å². The van der Waals surface area contributed by atoms with E-state index in [1.54, 1.807) is 0 Å². The van der Waals surface area contributed by atoms with Crippen molar-refractivity contribution in [3.8, 4) is 0 Å². The van der Waals surface area contributed by atoms with E-state index in [2.05, 4.69) is 24.1 Å². The lowest BCUT2D eigenvalue weighted by molar-refractivity contribution is -0.0146. The molecule has 2 heterocycles. The van der Waals surface area contributed by atoms with Gasteiger partial charge in [0, 0.05) is 24.7 Å². The summed E-state index contributed by atoms with van der Waals surface area (Å²) in [6, 6.07) is 2.56. The summed E-state index contributed by atoms with van der Waals surface area (Å²) in [5, 5.41) is 3.72. The van der Waals surface area contributed by atoms with Crippen molar-refractivity contribution in [2.24, 2.45) is 5.41 Å². The maximum absolute atomic E-state index is 3.72. The van der Waals surface area contributed by atoms with E-state index in [4.69, 9.17) is 0 Å². The van der Waals surface area contributed by atoms with E-state index in [1.807, 2.05) is 0 Å². The quantitative estimate of drug-likeness (QED) is 0.837.